The molecule has 1 saturated carbocycles. The number of carbonyl (C=O) groups is 2. The second-order valence-electron chi connectivity index (χ2n) is 4.47. The van der Waals surface area contributed by atoms with Crippen LogP contribution in [0.2, 0.25) is 0 Å². The van der Waals surface area contributed by atoms with Gasteiger partial charge >= 0.3 is 0 Å². The summed E-state index contributed by atoms with van der Waals surface area (Å²) in [5, 5.41) is 5.89. The molecule has 0 bridgehead atoms. The number of rotatable bonds is 6. The van der Waals surface area contributed by atoms with Crippen LogP contribution in [0, 0.1) is 0 Å². The molecule has 4 N–H and O–H groups in total. The molecule has 18 heavy (non-hydrogen) atoms. The summed E-state index contributed by atoms with van der Waals surface area (Å²) in [6.07, 6.45) is 2.16. The van der Waals surface area contributed by atoms with Gasteiger partial charge in [-0.15, -0.1) is 0 Å². The number of nitrogens with two attached hydrogens (primary N) is 1. The van der Waals surface area contributed by atoms with Crippen molar-refractivity contribution >= 4 is 11.8 Å². The number of hydrogen-bond acceptors (Lipinski definition) is 3. The van der Waals surface area contributed by atoms with E-state index in [0.717, 1.165) is 18.4 Å². The van der Waals surface area contributed by atoms with E-state index in [4.69, 9.17) is 5.73 Å². The van der Waals surface area contributed by atoms with E-state index >= 15 is 0 Å². The molecule has 0 aliphatic heterocycles. The van der Waals surface area contributed by atoms with Gasteiger partial charge in [0.1, 0.15) is 0 Å². The van der Waals surface area contributed by atoms with Crippen molar-refractivity contribution < 1.29 is 9.59 Å². The first kappa shape index (κ1) is 12.6. The second kappa shape index (κ2) is 5.64. The number of nitrogens with one attached hydrogen (secondary N) is 2. The molecule has 0 atom stereocenters. The van der Waals surface area contributed by atoms with Crippen LogP contribution < -0.4 is 16.4 Å². The van der Waals surface area contributed by atoms with Gasteiger partial charge in [0.05, 0.1) is 6.54 Å². The van der Waals surface area contributed by atoms with E-state index in [-0.39, 0.29) is 12.5 Å². The highest BCUT2D eigenvalue weighted by atomic mass is 16.2. The van der Waals surface area contributed by atoms with Crippen LogP contribution in [0.25, 0.3) is 0 Å². The van der Waals surface area contributed by atoms with Crippen molar-refractivity contribution in [3.63, 3.8) is 0 Å². The van der Waals surface area contributed by atoms with Crippen molar-refractivity contribution in [3.05, 3.63) is 35.4 Å². The van der Waals surface area contributed by atoms with Crippen LogP contribution >= 0.6 is 0 Å². The normalized spacial score (nSPS) is 14.2. The largest absolute Gasteiger partial charge is 0.366 e. The van der Waals surface area contributed by atoms with Crippen LogP contribution in [-0.4, -0.2) is 24.4 Å². The minimum absolute atomic E-state index is 0.00550. The van der Waals surface area contributed by atoms with Crippen molar-refractivity contribution in [2.75, 3.05) is 6.54 Å². The molecule has 5 heteroatoms. The van der Waals surface area contributed by atoms with Crippen molar-refractivity contribution in [1.82, 2.24) is 10.6 Å². The Morgan fingerprint density at radius 2 is 2.00 bits per heavy atom. The zero-order valence-corrected chi connectivity index (χ0v) is 10.1. The molecule has 1 fully saturated rings. The Hall–Kier alpha value is -1.88. The maximum atomic E-state index is 11.4. The number of primary amides is 1. The molecule has 0 radical (unpaired) electrons. The van der Waals surface area contributed by atoms with Gasteiger partial charge in [0, 0.05) is 18.2 Å². The molecule has 0 heterocycles. The van der Waals surface area contributed by atoms with E-state index in [2.05, 4.69) is 10.6 Å². The first-order valence-electron chi connectivity index (χ1n) is 6.04. The van der Waals surface area contributed by atoms with Gasteiger partial charge in [0.25, 0.3) is 0 Å². The topological polar surface area (TPSA) is 84.2 Å². The Balaban J connectivity index is 1.82. The van der Waals surface area contributed by atoms with Gasteiger partial charge in [-0.2, -0.15) is 0 Å². The summed E-state index contributed by atoms with van der Waals surface area (Å²) in [5.41, 5.74) is 6.58. The molecule has 1 aliphatic carbocycles. The van der Waals surface area contributed by atoms with Gasteiger partial charge in [-0.3, -0.25) is 9.59 Å². The van der Waals surface area contributed by atoms with Crippen molar-refractivity contribution in [2.24, 2.45) is 5.73 Å². The Bertz CT molecular complexity index is 455. The Morgan fingerprint density at radius 3 is 2.67 bits per heavy atom. The predicted molar refractivity (Wildman–Crippen MR) is 67.8 cm³/mol. The predicted octanol–water partition coefficient (Wildman–Crippen LogP) is 0.154. The third-order valence-corrected chi connectivity index (χ3v) is 2.83. The SMILES string of the molecule is NC(=O)c1ccccc1CNCC(=O)NC1CC1. The van der Waals surface area contributed by atoms with Gasteiger partial charge in [0.2, 0.25) is 11.8 Å². The lowest BCUT2D eigenvalue weighted by Crippen LogP contribution is -2.35. The van der Waals surface area contributed by atoms with Gasteiger partial charge in [0.15, 0.2) is 0 Å². The number of carbonyl (C=O) groups excluding carboxylic acids is 2. The summed E-state index contributed by atoms with van der Waals surface area (Å²) in [5.74, 6) is -0.455. The number of hydrogen-bond donors (Lipinski definition) is 3. The van der Waals surface area contributed by atoms with E-state index in [0.29, 0.717) is 18.2 Å². The summed E-state index contributed by atoms with van der Waals surface area (Å²) >= 11 is 0. The quantitative estimate of drug-likeness (QED) is 0.669. The molecule has 1 aromatic carbocycles. The van der Waals surface area contributed by atoms with Gasteiger partial charge < -0.3 is 16.4 Å². The van der Waals surface area contributed by atoms with E-state index in [9.17, 15) is 9.59 Å². The lowest BCUT2D eigenvalue weighted by Gasteiger charge is -2.08. The summed E-state index contributed by atoms with van der Waals surface area (Å²) in [6.45, 7) is 0.709. The average Bonchev–Trinajstić information content (AvgIpc) is 3.13. The summed E-state index contributed by atoms with van der Waals surface area (Å²) in [6, 6.07) is 7.49. The van der Waals surface area contributed by atoms with Crippen molar-refractivity contribution in [2.45, 2.75) is 25.4 Å². The fourth-order valence-corrected chi connectivity index (χ4v) is 1.73. The number of benzene rings is 1. The fourth-order valence-electron chi connectivity index (χ4n) is 1.73. The zero-order valence-electron chi connectivity index (χ0n) is 10.1. The van der Waals surface area contributed by atoms with Crippen molar-refractivity contribution in [3.8, 4) is 0 Å². The summed E-state index contributed by atoms with van der Waals surface area (Å²) < 4.78 is 0. The third-order valence-electron chi connectivity index (χ3n) is 2.83. The first-order chi connectivity index (χ1) is 8.66. The monoisotopic (exact) mass is 247 g/mol. The maximum Gasteiger partial charge on any atom is 0.249 e. The van der Waals surface area contributed by atoms with Gasteiger partial charge in [-0.1, -0.05) is 18.2 Å². The van der Waals surface area contributed by atoms with Gasteiger partial charge in [-0.05, 0) is 24.5 Å². The zero-order chi connectivity index (χ0) is 13.0. The highest BCUT2D eigenvalue weighted by molar-refractivity contribution is 5.94. The summed E-state index contributed by atoms with van der Waals surface area (Å²) in [4.78, 5) is 22.6. The Labute approximate surface area is 106 Å². The molecule has 0 aromatic heterocycles. The molecule has 0 unspecified atom stereocenters. The minimum Gasteiger partial charge on any atom is -0.366 e. The molecular formula is C13H17N3O2. The molecule has 96 valence electrons. The lowest BCUT2D eigenvalue weighted by molar-refractivity contribution is -0.120. The fraction of sp³-hybridized carbons (Fsp3) is 0.385. The molecule has 0 saturated heterocycles. The highest BCUT2D eigenvalue weighted by Gasteiger charge is 2.22. The first-order valence-corrected chi connectivity index (χ1v) is 6.04. The van der Waals surface area contributed by atoms with Crippen LogP contribution in [0.1, 0.15) is 28.8 Å². The van der Waals surface area contributed by atoms with E-state index in [1.165, 1.54) is 0 Å². The molecule has 5 nitrogen and oxygen atoms in total. The highest BCUT2D eigenvalue weighted by Crippen LogP contribution is 2.18. The van der Waals surface area contributed by atoms with Crippen LogP contribution in [-0.2, 0) is 11.3 Å². The number of amides is 2. The standard InChI is InChI=1S/C13H17N3O2/c14-13(18)11-4-2-1-3-9(11)7-15-8-12(17)16-10-5-6-10/h1-4,10,15H,5-8H2,(H2,14,18)(H,16,17). The maximum absolute atomic E-state index is 11.4. The van der Waals surface area contributed by atoms with Gasteiger partial charge in [-0.25, -0.2) is 0 Å². The molecule has 2 amide bonds. The van der Waals surface area contributed by atoms with E-state index in [1.54, 1.807) is 12.1 Å². The smallest absolute Gasteiger partial charge is 0.249 e. The lowest BCUT2D eigenvalue weighted by atomic mass is 10.1. The van der Waals surface area contributed by atoms with Crippen LogP contribution in [0.5, 0.6) is 0 Å². The molecular weight excluding hydrogens is 230 g/mol. The average molecular weight is 247 g/mol. The summed E-state index contributed by atoms with van der Waals surface area (Å²) in [7, 11) is 0. The van der Waals surface area contributed by atoms with Crippen molar-refractivity contribution in [1.29, 1.82) is 0 Å². The second-order valence-corrected chi connectivity index (χ2v) is 4.47. The minimum atomic E-state index is -0.449. The Morgan fingerprint density at radius 1 is 1.28 bits per heavy atom. The molecule has 2 rings (SSSR count). The van der Waals surface area contributed by atoms with E-state index < -0.39 is 5.91 Å². The third kappa shape index (κ3) is 3.56. The van der Waals surface area contributed by atoms with Crippen LogP contribution in [0.15, 0.2) is 24.3 Å². The van der Waals surface area contributed by atoms with Crippen LogP contribution in [0.3, 0.4) is 0 Å². The molecule has 1 aromatic rings. The Kier molecular flexibility index (Phi) is 3.94. The van der Waals surface area contributed by atoms with E-state index in [1.807, 2.05) is 12.1 Å². The molecule has 0 spiro atoms. The molecule has 1 aliphatic rings. The van der Waals surface area contributed by atoms with Crippen LogP contribution in [0.4, 0.5) is 0 Å².